The average molecular weight is 378 g/mol. The summed E-state index contributed by atoms with van der Waals surface area (Å²) >= 11 is 0. The fraction of sp³-hybridized carbons (Fsp3) is 0.227. The van der Waals surface area contributed by atoms with Crippen LogP contribution < -0.4 is 5.32 Å². The van der Waals surface area contributed by atoms with Crippen LogP contribution in [0, 0.1) is 18.2 Å². The van der Waals surface area contributed by atoms with E-state index in [-0.39, 0.29) is 11.6 Å². The van der Waals surface area contributed by atoms with Crippen LogP contribution in [0.5, 0.6) is 5.75 Å². The van der Waals surface area contributed by atoms with Crippen LogP contribution in [-0.4, -0.2) is 27.8 Å². The van der Waals surface area contributed by atoms with Gasteiger partial charge in [-0.05, 0) is 61.4 Å². The smallest absolute Gasteiger partial charge is 0.160 e. The average Bonchev–Trinajstić information content (AvgIpc) is 2.69. The van der Waals surface area contributed by atoms with Crippen molar-refractivity contribution in [3.63, 3.8) is 0 Å². The first kappa shape index (κ1) is 19.5. The Morgan fingerprint density at radius 1 is 1.11 bits per heavy atom. The van der Waals surface area contributed by atoms with Gasteiger partial charge in [-0.2, -0.15) is 0 Å². The molecular weight excluding hydrogens is 355 g/mol. The van der Waals surface area contributed by atoms with Crippen molar-refractivity contribution in [2.24, 2.45) is 0 Å². The molecule has 0 radical (unpaired) electrons. The molecule has 0 atom stereocenters. The van der Waals surface area contributed by atoms with Crippen LogP contribution in [0.3, 0.4) is 0 Å². The standard InChI is InChI=1S/C22H23FN4O/c1-4-5-17(24)20-21(25-3)19(15-8-11-18(28)13(2)12-15)26-22(27-20)14-6-9-16(23)10-7-14/h6-12,24-25,28H,4-5H2,1-3H3. The van der Waals surface area contributed by atoms with E-state index in [1.807, 2.05) is 19.9 Å². The molecule has 0 unspecified atom stereocenters. The van der Waals surface area contributed by atoms with Crippen molar-refractivity contribution in [2.75, 3.05) is 12.4 Å². The number of halogens is 1. The molecule has 0 aliphatic rings. The van der Waals surface area contributed by atoms with Crippen molar-refractivity contribution in [1.82, 2.24) is 9.97 Å². The van der Waals surface area contributed by atoms with Gasteiger partial charge >= 0.3 is 0 Å². The Balaban J connectivity index is 2.27. The van der Waals surface area contributed by atoms with E-state index < -0.39 is 0 Å². The van der Waals surface area contributed by atoms with Crippen LogP contribution in [-0.2, 0) is 0 Å². The number of benzene rings is 2. The molecule has 1 heterocycles. The second-order valence-corrected chi connectivity index (χ2v) is 6.61. The maximum atomic E-state index is 13.3. The minimum atomic E-state index is -0.330. The zero-order chi connectivity index (χ0) is 20.3. The number of aromatic nitrogens is 2. The summed E-state index contributed by atoms with van der Waals surface area (Å²) in [5.74, 6) is 0.307. The molecule has 6 heteroatoms. The maximum Gasteiger partial charge on any atom is 0.160 e. The third-order valence-corrected chi connectivity index (χ3v) is 4.52. The van der Waals surface area contributed by atoms with Crippen LogP contribution in [0.15, 0.2) is 42.5 Å². The quantitative estimate of drug-likeness (QED) is 0.517. The van der Waals surface area contributed by atoms with Gasteiger partial charge in [0.2, 0.25) is 0 Å². The molecule has 0 fully saturated rings. The number of aryl methyl sites for hydroxylation is 1. The van der Waals surface area contributed by atoms with Gasteiger partial charge in [0.25, 0.3) is 0 Å². The van der Waals surface area contributed by atoms with Crippen LogP contribution in [0.25, 0.3) is 22.6 Å². The number of phenolic OH excluding ortho intramolecular Hbond substituents is 1. The van der Waals surface area contributed by atoms with Crippen molar-refractivity contribution < 1.29 is 9.50 Å². The lowest BCUT2D eigenvalue weighted by atomic mass is 10.0. The molecule has 0 spiro atoms. The van der Waals surface area contributed by atoms with Gasteiger partial charge in [0, 0.05) is 18.2 Å². The van der Waals surface area contributed by atoms with Crippen molar-refractivity contribution in [2.45, 2.75) is 26.7 Å². The number of aromatic hydroxyl groups is 1. The Morgan fingerprint density at radius 3 is 2.39 bits per heavy atom. The fourth-order valence-corrected chi connectivity index (χ4v) is 3.02. The number of rotatable bonds is 6. The highest BCUT2D eigenvalue weighted by atomic mass is 19.1. The van der Waals surface area contributed by atoms with Gasteiger partial charge in [-0.1, -0.05) is 13.3 Å². The molecule has 0 saturated carbocycles. The molecule has 144 valence electrons. The van der Waals surface area contributed by atoms with Gasteiger partial charge in [0.1, 0.15) is 17.3 Å². The van der Waals surface area contributed by atoms with Crippen molar-refractivity contribution in [3.05, 3.63) is 59.5 Å². The first-order valence-electron chi connectivity index (χ1n) is 9.18. The van der Waals surface area contributed by atoms with Crippen LogP contribution in [0.2, 0.25) is 0 Å². The number of phenols is 1. The summed E-state index contributed by atoms with van der Waals surface area (Å²) in [6.07, 6.45) is 1.41. The third kappa shape index (κ3) is 3.86. The molecule has 0 bridgehead atoms. The van der Waals surface area contributed by atoms with E-state index in [9.17, 15) is 9.50 Å². The lowest BCUT2D eigenvalue weighted by Crippen LogP contribution is -2.11. The van der Waals surface area contributed by atoms with Gasteiger partial charge in [0.15, 0.2) is 5.82 Å². The molecule has 5 nitrogen and oxygen atoms in total. The van der Waals surface area contributed by atoms with Crippen LogP contribution in [0.1, 0.15) is 31.0 Å². The van der Waals surface area contributed by atoms with Crippen molar-refractivity contribution >= 4 is 11.4 Å². The molecule has 3 rings (SSSR count). The maximum absolute atomic E-state index is 13.3. The Kier molecular flexibility index (Phi) is 5.68. The lowest BCUT2D eigenvalue weighted by molar-refractivity contribution is 0.471. The summed E-state index contributed by atoms with van der Waals surface area (Å²) in [4.78, 5) is 9.33. The van der Waals surface area contributed by atoms with Gasteiger partial charge in [-0.25, -0.2) is 14.4 Å². The van der Waals surface area contributed by atoms with E-state index >= 15 is 0 Å². The number of nitrogens with one attached hydrogen (secondary N) is 2. The predicted octanol–water partition coefficient (Wildman–Crippen LogP) is 5.17. The van der Waals surface area contributed by atoms with E-state index in [1.165, 1.54) is 12.1 Å². The molecule has 1 aromatic heterocycles. The van der Waals surface area contributed by atoms with E-state index in [1.54, 1.807) is 31.3 Å². The Labute approximate surface area is 163 Å². The molecule has 3 N–H and O–H groups in total. The topological polar surface area (TPSA) is 81.9 Å². The van der Waals surface area contributed by atoms with Crippen molar-refractivity contribution in [1.29, 1.82) is 5.41 Å². The van der Waals surface area contributed by atoms with Gasteiger partial charge < -0.3 is 15.8 Å². The summed E-state index contributed by atoms with van der Waals surface area (Å²) in [5.41, 5.74) is 4.44. The van der Waals surface area contributed by atoms with Crippen molar-refractivity contribution in [3.8, 4) is 28.4 Å². The molecule has 0 amide bonds. The number of hydrogen-bond donors (Lipinski definition) is 3. The number of hydrogen-bond acceptors (Lipinski definition) is 5. The summed E-state index contributed by atoms with van der Waals surface area (Å²) in [7, 11) is 1.77. The highest BCUT2D eigenvalue weighted by molar-refractivity contribution is 6.04. The Hall–Kier alpha value is -3.28. The van der Waals surface area contributed by atoms with Gasteiger partial charge in [-0.3, -0.25) is 0 Å². The highest BCUT2D eigenvalue weighted by Gasteiger charge is 2.19. The lowest BCUT2D eigenvalue weighted by Gasteiger charge is -2.16. The van der Waals surface area contributed by atoms with Crippen LogP contribution in [0.4, 0.5) is 10.1 Å². The Morgan fingerprint density at radius 2 is 1.79 bits per heavy atom. The predicted molar refractivity (Wildman–Crippen MR) is 111 cm³/mol. The van der Waals surface area contributed by atoms with Gasteiger partial charge in [0.05, 0.1) is 17.1 Å². The van der Waals surface area contributed by atoms with Crippen LogP contribution >= 0.6 is 0 Å². The fourth-order valence-electron chi connectivity index (χ4n) is 3.02. The van der Waals surface area contributed by atoms with E-state index in [4.69, 9.17) is 10.4 Å². The molecule has 3 aromatic rings. The molecule has 28 heavy (non-hydrogen) atoms. The van der Waals surface area contributed by atoms with E-state index in [0.29, 0.717) is 40.6 Å². The largest absolute Gasteiger partial charge is 0.508 e. The first-order valence-corrected chi connectivity index (χ1v) is 9.18. The summed E-state index contributed by atoms with van der Waals surface area (Å²) in [6, 6.07) is 11.2. The molecule has 0 saturated heterocycles. The number of anilines is 1. The minimum Gasteiger partial charge on any atom is -0.508 e. The van der Waals surface area contributed by atoms with E-state index in [2.05, 4.69) is 10.3 Å². The Bertz CT molecular complexity index is 1020. The number of nitrogens with zero attached hydrogens (tertiary/aromatic N) is 2. The summed E-state index contributed by atoms with van der Waals surface area (Å²) < 4.78 is 13.3. The molecule has 0 aliphatic carbocycles. The normalized spacial score (nSPS) is 10.7. The molecular formula is C22H23FN4O. The second kappa shape index (κ2) is 8.17. The molecule has 2 aromatic carbocycles. The molecule has 0 aliphatic heterocycles. The zero-order valence-corrected chi connectivity index (χ0v) is 16.2. The summed E-state index contributed by atoms with van der Waals surface area (Å²) in [6.45, 7) is 3.83. The summed E-state index contributed by atoms with van der Waals surface area (Å²) in [5, 5.41) is 21.5. The van der Waals surface area contributed by atoms with E-state index in [0.717, 1.165) is 17.5 Å². The first-order chi connectivity index (χ1) is 13.4. The zero-order valence-electron chi connectivity index (χ0n) is 16.2. The SMILES string of the molecule is CCCC(=N)c1nc(-c2ccc(F)cc2)nc(-c2ccc(O)c(C)c2)c1NC. The van der Waals surface area contributed by atoms with Gasteiger partial charge in [-0.15, -0.1) is 0 Å². The second-order valence-electron chi connectivity index (χ2n) is 6.61. The third-order valence-electron chi connectivity index (χ3n) is 4.52. The monoisotopic (exact) mass is 378 g/mol. The minimum absolute atomic E-state index is 0.210. The highest BCUT2D eigenvalue weighted by Crippen LogP contribution is 2.33.